The number of hydrogen-bond acceptors (Lipinski definition) is 3. The highest BCUT2D eigenvalue weighted by molar-refractivity contribution is 9.13. The maximum absolute atomic E-state index is 5.89. The van der Waals surface area contributed by atoms with Crippen molar-refractivity contribution in [2.24, 2.45) is 5.73 Å². The number of halogens is 2. The zero-order valence-electron chi connectivity index (χ0n) is 9.84. The lowest BCUT2D eigenvalue weighted by atomic mass is 10.1. The molecule has 2 atom stereocenters. The van der Waals surface area contributed by atoms with E-state index >= 15 is 0 Å². The minimum atomic E-state index is 0.308. The van der Waals surface area contributed by atoms with E-state index in [1.54, 1.807) is 11.3 Å². The van der Waals surface area contributed by atoms with Crippen molar-refractivity contribution < 1.29 is 0 Å². The van der Waals surface area contributed by atoms with Crippen molar-refractivity contribution in [1.82, 2.24) is 4.90 Å². The summed E-state index contributed by atoms with van der Waals surface area (Å²) >= 11 is 8.80. The van der Waals surface area contributed by atoms with E-state index in [0.717, 1.165) is 14.7 Å². The molecule has 0 radical (unpaired) electrons. The maximum atomic E-state index is 5.89. The van der Waals surface area contributed by atoms with Gasteiger partial charge >= 0.3 is 0 Å². The van der Waals surface area contributed by atoms with E-state index in [-0.39, 0.29) is 0 Å². The van der Waals surface area contributed by atoms with Crippen LogP contribution in [0.3, 0.4) is 0 Å². The van der Waals surface area contributed by atoms with Crippen molar-refractivity contribution in [3.8, 4) is 0 Å². The minimum Gasteiger partial charge on any atom is -0.329 e. The van der Waals surface area contributed by atoms with Crippen LogP contribution in [0.5, 0.6) is 0 Å². The van der Waals surface area contributed by atoms with Gasteiger partial charge in [-0.1, -0.05) is 6.92 Å². The number of thiophene rings is 1. The third-order valence-corrected chi connectivity index (χ3v) is 6.35. The Hall–Kier alpha value is 0.580. The Morgan fingerprint density at radius 3 is 2.50 bits per heavy atom. The number of likely N-dealkylation sites (N-methyl/N-ethyl adjacent to an activating group) is 1. The third kappa shape index (κ3) is 3.29. The summed E-state index contributed by atoms with van der Waals surface area (Å²) in [5.74, 6) is 0. The topological polar surface area (TPSA) is 29.3 Å². The smallest absolute Gasteiger partial charge is 0.0843 e. The molecule has 0 saturated heterocycles. The van der Waals surface area contributed by atoms with Gasteiger partial charge in [0.15, 0.2) is 0 Å². The normalized spacial score (nSPS) is 15.4. The van der Waals surface area contributed by atoms with Gasteiger partial charge in [0.05, 0.1) is 9.83 Å². The molecule has 0 amide bonds. The largest absolute Gasteiger partial charge is 0.329 e. The molecule has 5 heteroatoms. The molecule has 2 nitrogen and oxygen atoms in total. The van der Waals surface area contributed by atoms with Crippen LogP contribution in [0.15, 0.2) is 14.3 Å². The molecule has 1 heterocycles. The number of rotatable bonds is 5. The first-order valence-electron chi connectivity index (χ1n) is 5.38. The zero-order valence-corrected chi connectivity index (χ0v) is 13.8. The van der Waals surface area contributed by atoms with E-state index in [1.807, 2.05) is 0 Å². The van der Waals surface area contributed by atoms with E-state index < -0.39 is 0 Å². The fraction of sp³-hybridized carbons (Fsp3) is 0.636. The van der Waals surface area contributed by atoms with Crippen LogP contribution in [0.2, 0.25) is 0 Å². The summed E-state index contributed by atoms with van der Waals surface area (Å²) in [4.78, 5) is 3.66. The zero-order chi connectivity index (χ0) is 12.3. The molecule has 92 valence electrons. The molecule has 2 unspecified atom stereocenters. The quantitative estimate of drug-likeness (QED) is 0.849. The lowest BCUT2D eigenvalue weighted by molar-refractivity contribution is 0.187. The SMILES string of the molecule is CCC(C)N(C)C(CN)c1cc(Br)c(Br)s1. The predicted octanol–water partition coefficient (Wildman–Crippen LogP) is 4.00. The first-order chi connectivity index (χ1) is 7.51. The van der Waals surface area contributed by atoms with E-state index in [9.17, 15) is 0 Å². The molecule has 0 aliphatic heterocycles. The third-order valence-electron chi connectivity index (χ3n) is 2.99. The van der Waals surface area contributed by atoms with E-state index in [0.29, 0.717) is 18.6 Å². The van der Waals surface area contributed by atoms with Crippen molar-refractivity contribution in [3.63, 3.8) is 0 Å². The number of nitrogens with two attached hydrogens (primary N) is 1. The Labute approximate surface area is 118 Å². The molecule has 0 aliphatic rings. The average Bonchev–Trinajstić information content (AvgIpc) is 2.58. The fourth-order valence-electron chi connectivity index (χ4n) is 1.61. The molecule has 0 aliphatic carbocycles. The second kappa shape index (κ2) is 6.50. The molecular weight excluding hydrogens is 352 g/mol. The molecule has 2 N–H and O–H groups in total. The molecule has 1 aromatic rings. The summed E-state index contributed by atoms with van der Waals surface area (Å²) in [6, 6.07) is 3.02. The van der Waals surface area contributed by atoms with Gasteiger partial charge in [0.1, 0.15) is 0 Å². The van der Waals surface area contributed by atoms with Crippen LogP contribution < -0.4 is 5.73 Å². The van der Waals surface area contributed by atoms with E-state index in [4.69, 9.17) is 5.73 Å². The van der Waals surface area contributed by atoms with Crippen LogP contribution in [-0.4, -0.2) is 24.5 Å². The molecule has 0 fully saturated rings. The van der Waals surface area contributed by atoms with Crippen LogP contribution >= 0.6 is 43.2 Å². The van der Waals surface area contributed by atoms with Gasteiger partial charge in [0, 0.05) is 21.9 Å². The van der Waals surface area contributed by atoms with Crippen LogP contribution in [0.4, 0.5) is 0 Å². The predicted molar refractivity (Wildman–Crippen MR) is 79.0 cm³/mol. The van der Waals surface area contributed by atoms with Gasteiger partial charge in [-0.25, -0.2) is 0 Å². The van der Waals surface area contributed by atoms with Crippen molar-refractivity contribution in [2.45, 2.75) is 32.4 Å². The number of hydrogen-bond donors (Lipinski definition) is 1. The van der Waals surface area contributed by atoms with Crippen LogP contribution in [0, 0.1) is 0 Å². The molecule has 16 heavy (non-hydrogen) atoms. The summed E-state index contributed by atoms with van der Waals surface area (Å²) in [6.07, 6.45) is 1.14. The van der Waals surface area contributed by atoms with Crippen LogP contribution in [-0.2, 0) is 0 Å². The summed E-state index contributed by atoms with van der Waals surface area (Å²) in [5.41, 5.74) is 5.89. The summed E-state index contributed by atoms with van der Waals surface area (Å²) in [7, 11) is 2.15. The molecule has 1 rings (SSSR count). The van der Waals surface area contributed by atoms with Gasteiger partial charge in [-0.05, 0) is 58.3 Å². The van der Waals surface area contributed by atoms with Crippen molar-refractivity contribution in [1.29, 1.82) is 0 Å². The first kappa shape index (κ1) is 14.6. The maximum Gasteiger partial charge on any atom is 0.0843 e. The monoisotopic (exact) mass is 368 g/mol. The second-order valence-electron chi connectivity index (χ2n) is 3.94. The lowest BCUT2D eigenvalue weighted by Gasteiger charge is -2.31. The van der Waals surface area contributed by atoms with Gasteiger partial charge in [0.2, 0.25) is 0 Å². The first-order valence-corrected chi connectivity index (χ1v) is 7.78. The summed E-state index contributed by atoms with van der Waals surface area (Å²) in [6.45, 7) is 5.09. The number of nitrogens with zero attached hydrogens (tertiary/aromatic N) is 1. The van der Waals surface area contributed by atoms with E-state index in [1.165, 1.54) is 4.88 Å². The fourth-order valence-corrected chi connectivity index (χ4v) is 3.86. The Morgan fingerprint density at radius 2 is 2.12 bits per heavy atom. The standard InChI is InChI=1S/C11H18Br2N2S/c1-4-7(2)15(3)9(6-14)10-5-8(12)11(13)16-10/h5,7,9H,4,6,14H2,1-3H3. The molecular formula is C11H18Br2N2S. The Balaban J connectivity index is 2.89. The summed E-state index contributed by atoms with van der Waals surface area (Å²) in [5, 5.41) is 0. The van der Waals surface area contributed by atoms with Crippen LogP contribution in [0.25, 0.3) is 0 Å². The Kier molecular flexibility index (Phi) is 5.94. The van der Waals surface area contributed by atoms with Gasteiger partial charge in [-0.3, -0.25) is 4.90 Å². The van der Waals surface area contributed by atoms with Crippen molar-refractivity contribution in [3.05, 3.63) is 19.2 Å². The van der Waals surface area contributed by atoms with Crippen LogP contribution in [0.1, 0.15) is 31.2 Å². The molecule has 1 aromatic heterocycles. The minimum absolute atomic E-state index is 0.308. The Bertz CT molecular complexity index is 321. The van der Waals surface area contributed by atoms with Gasteiger partial charge in [-0.2, -0.15) is 0 Å². The molecule has 0 bridgehead atoms. The van der Waals surface area contributed by atoms with Gasteiger partial charge < -0.3 is 5.73 Å². The second-order valence-corrected chi connectivity index (χ2v) is 7.20. The molecule has 0 saturated carbocycles. The molecule has 0 aromatic carbocycles. The van der Waals surface area contributed by atoms with Gasteiger partial charge in [0.25, 0.3) is 0 Å². The lowest BCUT2D eigenvalue weighted by Crippen LogP contribution is -2.36. The van der Waals surface area contributed by atoms with E-state index in [2.05, 4.69) is 63.7 Å². The summed E-state index contributed by atoms with van der Waals surface area (Å²) < 4.78 is 2.25. The molecule has 0 spiro atoms. The van der Waals surface area contributed by atoms with Crippen molar-refractivity contribution in [2.75, 3.05) is 13.6 Å². The highest BCUT2D eigenvalue weighted by Crippen LogP contribution is 2.37. The highest BCUT2D eigenvalue weighted by atomic mass is 79.9. The van der Waals surface area contributed by atoms with Crippen molar-refractivity contribution >= 4 is 43.2 Å². The average molecular weight is 370 g/mol. The van der Waals surface area contributed by atoms with Gasteiger partial charge in [-0.15, -0.1) is 11.3 Å². The highest BCUT2D eigenvalue weighted by Gasteiger charge is 2.21. The Morgan fingerprint density at radius 1 is 1.50 bits per heavy atom.